The molecule has 0 saturated heterocycles. The molecule has 1 aromatic heterocycles. The first-order chi connectivity index (χ1) is 16.7. The summed E-state index contributed by atoms with van der Waals surface area (Å²) in [6.07, 6.45) is 0.642. The van der Waals surface area contributed by atoms with Gasteiger partial charge in [0.05, 0.1) is 23.6 Å². The van der Waals surface area contributed by atoms with Gasteiger partial charge in [0.1, 0.15) is 17.4 Å². The number of halogens is 1. The van der Waals surface area contributed by atoms with Crippen molar-refractivity contribution in [1.29, 1.82) is 0 Å². The van der Waals surface area contributed by atoms with Crippen molar-refractivity contribution in [2.24, 2.45) is 0 Å². The number of amides is 1. The lowest BCUT2D eigenvalue weighted by Crippen LogP contribution is -2.26. The largest absolute Gasteiger partial charge is 0.507 e. The number of phenols is 1. The highest BCUT2D eigenvalue weighted by atomic mass is 19.1. The van der Waals surface area contributed by atoms with Crippen LogP contribution in [0.2, 0.25) is 0 Å². The third-order valence-electron chi connectivity index (χ3n) is 5.43. The molecule has 0 radical (unpaired) electrons. The van der Waals surface area contributed by atoms with Gasteiger partial charge in [-0.15, -0.1) is 0 Å². The Morgan fingerprint density at radius 2 is 1.94 bits per heavy atom. The SMILES string of the molecule is CCOC(=O)CCCNC(=O)c1ccc(-c2cc(N(C)c3ccc(C)cc3F)ccc2O)nc1N. The third kappa shape index (κ3) is 6.26. The number of nitrogens with one attached hydrogen (secondary N) is 1. The molecule has 0 aliphatic carbocycles. The Labute approximate surface area is 203 Å². The molecule has 0 atom stereocenters. The first-order valence-corrected chi connectivity index (χ1v) is 11.2. The number of aromatic nitrogens is 1. The Balaban J connectivity index is 1.76. The molecule has 4 N–H and O–H groups in total. The first-order valence-electron chi connectivity index (χ1n) is 11.2. The molecular formula is C26H29FN4O4. The summed E-state index contributed by atoms with van der Waals surface area (Å²) in [7, 11) is 1.72. The molecule has 0 spiro atoms. The van der Waals surface area contributed by atoms with E-state index in [0.717, 1.165) is 5.56 Å². The van der Waals surface area contributed by atoms with Crippen LogP contribution in [0.5, 0.6) is 5.75 Å². The standard InChI is InChI=1S/C26H29FN4O4/c1-4-35-24(33)6-5-13-29-26(34)18-9-10-21(30-25(18)28)19-15-17(8-12-23(19)32)31(3)22-11-7-16(2)14-20(22)27/h7-12,14-15,32H,4-6,13H2,1-3H3,(H2,28,30)(H,29,34). The number of nitrogen functional groups attached to an aromatic ring is 1. The molecule has 0 unspecified atom stereocenters. The number of nitrogens with zero attached hydrogens (tertiary/aromatic N) is 2. The first kappa shape index (κ1) is 25.5. The average Bonchev–Trinajstić information content (AvgIpc) is 2.81. The van der Waals surface area contributed by atoms with Gasteiger partial charge in [0, 0.05) is 31.3 Å². The van der Waals surface area contributed by atoms with E-state index in [9.17, 15) is 19.1 Å². The van der Waals surface area contributed by atoms with Crippen LogP contribution < -0.4 is 16.0 Å². The van der Waals surface area contributed by atoms with E-state index in [1.807, 2.05) is 13.0 Å². The number of hydrogen-bond acceptors (Lipinski definition) is 7. The van der Waals surface area contributed by atoms with Gasteiger partial charge in [-0.2, -0.15) is 0 Å². The number of phenolic OH excluding ortho intramolecular Hbond substituents is 1. The van der Waals surface area contributed by atoms with Crippen molar-refractivity contribution < 1.29 is 23.8 Å². The van der Waals surface area contributed by atoms with E-state index in [0.29, 0.717) is 35.7 Å². The summed E-state index contributed by atoms with van der Waals surface area (Å²) in [4.78, 5) is 29.8. The molecule has 8 nitrogen and oxygen atoms in total. The number of aryl methyl sites for hydroxylation is 1. The smallest absolute Gasteiger partial charge is 0.305 e. The van der Waals surface area contributed by atoms with Crippen molar-refractivity contribution in [3.63, 3.8) is 0 Å². The molecule has 1 heterocycles. The fraction of sp³-hybridized carbons (Fsp3) is 0.269. The lowest BCUT2D eigenvalue weighted by atomic mass is 10.1. The number of esters is 1. The van der Waals surface area contributed by atoms with Crippen LogP contribution in [-0.2, 0) is 9.53 Å². The molecule has 2 aromatic carbocycles. The second-order valence-corrected chi connectivity index (χ2v) is 8.01. The topological polar surface area (TPSA) is 118 Å². The number of carbonyl (C=O) groups excluding carboxylic acids is 2. The maximum atomic E-state index is 14.5. The number of rotatable bonds is 9. The Morgan fingerprint density at radius 3 is 2.63 bits per heavy atom. The monoisotopic (exact) mass is 480 g/mol. The zero-order chi connectivity index (χ0) is 25.5. The zero-order valence-electron chi connectivity index (χ0n) is 20.0. The van der Waals surface area contributed by atoms with Crippen LogP contribution in [0.3, 0.4) is 0 Å². The Morgan fingerprint density at radius 1 is 1.17 bits per heavy atom. The molecule has 35 heavy (non-hydrogen) atoms. The number of pyridine rings is 1. The predicted molar refractivity (Wildman–Crippen MR) is 133 cm³/mol. The molecule has 0 fully saturated rings. The molecule has 184 valence electrons. The van der Waals surface area contributed by atoms with Gasteiger partial charge in [0.25, 0.3) is 5.91 Å². The van der Waals surface area contributed by atoms with Crippen molar-refractivity contribution >= 4 is 29.1 Å². The number of nitrogens with two attached hydrogens (primary N) is 1. The molecule has 3 rings (SSSR count). The molecule has 3 aromatic rings. The van der Waals surface area contributed by atoms with Crippen LogP contribution in [0.1, 0.15) is 35.7 Å². The van der Waals surface area contributed by atoms with Crippen LogP contribution in [0.15, 0.2) is 48.5 Å². The van der Waals surface area contributed by atoms with E-state index in [1.54, 1.807) is 43.1 Å². The minimum absolute atomic E-state index is 0.00636. The Kier molecular flexibility index (Phi) is 8.25. The highest BCUT2D eigenvalue weighted by Gasteiger charge is 2.16. The normalized spacial score (nSPS) is 10.6. The highest BCUT2D eigenvalue weighted by Crippen LogP contribution is 2.35. The Hall–Kier alpha value is -4.14. The fourth-order valence-corrected chi connectivity index (χ4v) is 3.54. The van der Waals surface area contributed by atoms with Gasteiger partial charge in [-0.05, 0) is 68.3 Å². The van der Waals surface area contributed by atoms with E-state index in [1.165, 1.54) is 18.2 Å². The summed E-state index contributed by atoms with van der Waals surface area (Å²) in [5, 5.41) is 13.1. The Bertz CT molecular complexity index is 1230. The summed E-state index contributed by atoms with van der Waals surface area (Å²) in [6, 6.07) is 12.9. The summed E-state index contributed by atoms with van der Waals surface area (Å²) in [5.41, 5.74) is 8.79. The number of benzene rings is 2. The van der Waals surface area contributed by atoms with Gasteiger partial charge in [0.15, 0.2) is 0 Å². The van der Waals surface area contributed by atoms with Crippen molar-refractivity contribution in [3.05, 3.63) is 65.5 Å². The van der Waals surface area contributed by atoms with E-state index in [-0.39, 0.29) is 41.9 Å². The lowest BCUT2D eigenvalue weighted by Gasteiger charge is -2.21. The quantitative estimate of drug-likeness (QED) is 0.308. The van der Waals surface area contributed by atoms with Gasteiger partial charge < -0.3 is 25.8 Å². The summed E-state index contributed by atoms with van der Waals surface area (Å²) in [5.74, 6) is -1.13. The predicted octanol–water partition coefficient (Wildman–Crippen LogP) is 4.32. The zero-order valence-corrected chi connectivity index (χ0v) is 20.0. The molecule has 9 heteroatoms. The fourth-order valence-electron chi connectivity index (χ4n) is 3.54. The number of aromatic hydroxyl groups is 1. The molecular weight excluding hydrogens is 451 g/mol. The summed E-state index contributed by atoms with van der Waals surface area (Å²) in [6.45, 7) is 4.15. The van der Waals surface area contributed by atoms with Gasteiger partial charge in [-0.25, -0.2) is 9.37 Å². The number of ether oxygens (including phenoxy) is 1. The number of anilines is 3. The van der Waals surface area contributed by atoms with E-state index in [4.69, 9.17) is 10.5 Å². The van der Waals surface area contributed by atoms with Crippen molar-refractivity contribution in [3.8, 4) is 17.0 Å². The van der Waals surface area contributed by atoms with E-state index in [2.05, 4.69) is 10.3 Å². The summed E-state index contributed by atoms with van der Waals surface area (Å²) < 4.78 is 19.3. The third-order valence-corrected chi connectivity index (χ3v) is 5.43. The maximum absolute atomic E-state index is 14.5. The van der Waals surface area contributed by atoms with Gasteiger partial charge in [-0.1, -0.05) is 6.07 Å². The van der Waals surface area contributed by atoms with Gasteiger partial charge in [0.2, 0.25) is 0 Å². The van der Waals surface area contributed by atoms with Crippen LogP contribution in [0.4, 0.5) is 21.6 Å². The van der Waals surface area contributed by atoms with Crippen LogP contribution in [-0.4, -0.2) is 42.2 Å². The maximum Gasteiger partial charge on any atom is 0.305 e. The minimum atomic E-state index is -0.419. The average molecular weight is 481 g/mol. The molecule has 0 bridgehead atoms. The molecule has 0 aliphatic heterocycles. The van der Waals surface area contributed by atoms with Crippen molar-refractivity contribution in [1.82, 2.24) is 10.3 Å². The van der Waals surface area contributed by atoms with E-state index < -0.39 is 5.91 Å². The van der Waals surface area contributed by atoms with Crippen LogP contribution in [0, 0.1) is 12.7 Å². The van der Waals surface area contributed by atoms with Crippen molar-refractivity contribution in [2.75, 3.05) is 30.8 Å². The van der Waals surface area contributed by atoms with Crippen LogP contribution >= 0.6 is 0 Å². The molecule has 0 aliphatic rings. The van der Waals surface area contributed by atoms with E-state index >= 15 is 0 Å². The number of carbonyl (C=O) groups is 2. The highest BCUT2D eigenvalue weighted by molar-refractivity contribution is 5.98. The second kappa shape index (κ2) is 11.3. The van der Waals surface area contributed by atoms with Gasteiger partial charge >= 0.3 is 5.97 Å². The van der Waals surface area contributed by atoms with Crippen molar-refractivity contribution in [2.45, 2.75) is 26.7 Å². The summed E-state index contributed by atoms with van der Waals surface area (Å²) >= 11 is 0. The van der Waals surface area contributed by atoms with Gasteiger partial charge in [-0.3, -0.25) is 9.59 Å². The van der Waals surface area contributed by atoms with Crippen LogP contribution in [0.25, 0.3) is 11.3 Å². The number of hydrogen-bond donors (Lipinski definition) is 3. The molecule has 1 amide bonds. The molecule has 0 saturated carbocycles. The minimum Gasteiger partial charge on any atom is -0.507 e. The lowest BCUT2D eigenvalue weighted by molar-refractivity contribution is -0.143. The second-order valence-electron chi connectivity index (χ2n) is 8.01.